The number of piperidine rings is 1. The predicted octanol–water partition coefficient (Wildman–Crippen LogP) is 2.77. The van der Waals surface area contributed by atoms with E-state index in [2.05, 4.69) is 10.1 Å². The van der Waals surface area contributed by atoms with Gasteiger partial charge in [0, 0.05) is 43.1 Å². The highest BCUT2D eigenvalue weighted by Crippen LogP contribution is 2.24. The summed E-state index contributed by atoms with van der Waals surface area (Å²) in [6, 6.07) is 5.66. The molecule has 0 bridgehead atoms. The summed E-state index contributed by atoms with van der Waals surface area (Å²) in [7, 11) is 1.67. The predicted molar refractivity (Wildman–Crippen MR) is 71.7 cm³/mol. The molecule has 1 N–H and O–H groups in total. The summed E-state index contributed by atoms with van der Waals surface area (Å²) in [5.74, 6) is 0.862. The topological polar surface area (TPSA) is 45.1 Å². The van der Waals surface area contributed by atoms with Gasteiger partial charge < -0.3 is 9.94 Å². The van der Waals surface area contributed by atoms with Gasteiger partial charge in [0.2, 0.25) is 0 Å². The van der Waals surface area contributed by atoms with Crippen molar-refractivity contribution in [1.82, 2.24) is 4.90 Å². The van der Waals surface area contributed by atoms with Crippen LogP contribution in [0.2, 0.25) is 5.02 Å². The molecule has 1 fully saturated rings. The lowest BCUT2D eigenvalue weighted by Gasteiger charge is -2.27. The van der Waals surface area contributed by atoms with Crippen molar-refractivity contribution in [2.45, 2.75) is 19.4 Å². The van der Waals surface area contributed by atoms with E-state index in [1.54, 1.807) is 7.11 Å². The number of halogens is 1. The van der Waals surface area contributed by atoms with E-state index in [1.165, 1.54) is 0 Å². The molecular formula is C13H17ClN2O2. The van der Waals surface area contributed by atoms with Crippen molar-refractivity contribution in [2.24, 2.45) is 5.16 Å². The zero-order chi connectivity index (χ0) is 13.0. The molecule has 5 heteroatoms. The van der Waals surface area contributed by atoms with E-state index in [0.717, 1.165) is 54.5 Å². The van der Waals surface area contributed by atoms with Crippen molar-refractivity contribution < 1.29 is 9.94 Å². The number of oxime groups is 1. The van der Waals surface area contributed by atoms with Crippen molar-refractivity contribution in [3.8, 4) is 5.75 Å². The minimum atomic E-state index is 0.723. The maximum Gasteiger partial charge on any atom is 0.123 e. The SMILES string of the molecule is COc1ccc(Cl)cc1CN1CCC(=NO)CC1. The molecule has 1 aliphatic heterocycles. The van der Waals surface area contributed by atoms with E-state index in [0.29, 0.717) is 0 Å². The summed E-state index contributed by atoms with van der Waals surface area (Å²) in [6.45, 7) is 2.60. The van der Waals surface area contributed by atoms with Crippen LogP contribution < -0.4 is 4.74 Å². The van der Waals surface area contributed by atoms with E-state index < -0.39 is 0 Å². The number of hydrogen-bond donors (Lipinski definition) is 1. The van der Waals surface area contributed by atoms with Crippen LogP contribution in [0.3, 0.4) is 0 Å². The Hall–Kier alpha value is -1.26. The van der Waals surface area contributed by atoms with Crippen molar-refractivity contribution in [1.29, 1.82) is 0 Å². The number of methoxy groups -OCH3 is 1. The maximum atomic E-state index is 8.72. The average molecular weight is 269 g/mol. The third-order valence-electron chi connectivity index (χ3n) is 3.21. The van der Waals surface area contributed by atoms with Gasteiger partial charge in [0.25, 0.3) is 0 Å². The Morgan fingerprint density at radius 3 is 2.72 bits per heavy atom. The van der Waals surface area contributed by atoms with Gasteiger partial charge in [-0.05, 0) is 18.2 Å². The Bertz CT molecular complexity index is 439. The molecule has 0 unspecified atom stereocenters. The first kappa shape index (κ1) is 13.2. The first-order valence-corrected chi connectivity index (χ1v) is 6.35. The monoisotopic (exact) mass is 268 g/mol. The summed E-state index contributed by atoms with van der Waals surface area (Å²) >= 11 is 6.01. The molecule has 98 valence electrons. The average Bonchev–Trinajstić information content (AvgIpc) is 2.40. The van der Waals surface area contributed by atoms with E-state index in [-0.39, 0.29) is 0 Å². The van der Waals surface area contributed by atoms with Crippen LogP contribution in [0.4, 0.5) is 0 Å². The molecule has 0 aromatic heterocycles. The second kappa shape index (κ2) is 6.07. The van der Waals surface area contributed by atoms with Gasteiger partial charge in [-0.3, -0.25) is 4.90 Å². The van der Waals surface area contributed by atoms with Crippen LogP contribution in [0.1, 0.15) is 18.4 Å². The molecule has 1 saturated heterocycles. The van der Waals surface area contributed by atoms with Crippen LogP contribution in [0.15, 0.2) is 23.4 Å². The number of nitrogens with zero attached hydrogens (tertiary/aromatic N) is 2. The fourth-order valence-electron chi connectivity index (χ4n) is 2.18. The summed E-state index contributed by atoms with van der Waals surface area (Å²) in [5.41, 5.74) is 1.97. The van der Waals surface area contributed by atoms with Crippen LogP contribution >= 0.6 is 11.6 Å². The zero-order valence-electron chi connectivity index (χ0n) is 10.4. The van der Waals surface area contributed by atoms with Crippen molar-refractivity contribution >= 4 is 17.3 Å². The molecule has 4 nitrogen and oxygen atoms in total. The van der Waals surface area contributed by atoms with E-state index in [4.69, 9.17) is 21.5 Å². The molecule has 0 amide bonds. The number of rotatable bonds is 3. The molecule has 0 radical (unpaired) electrons. The van der Waals surface area contributed by atoms with Gasteiger partial charge in [-0.2, -0.15) is 0 Å². The molecule has 2 rings (SSSR count). The van der Waals surface area contributed by atoms with Crippen LogP contribution in [0.5, 0.6) is 5.75 Å². The smallest absolute Gasteiger partial charge is 0.123 e. The molecule has 1 heterocycles. The van der Waals surface area contributed by atoms with Gasteiger partial charge in [-0.1, -0.05) is 16.8 Å². The van der Waals surface area contributed by atoms with Gasteiger partial charge in [0.15, 0.2) is 0 Å². The maximum absolute atomic E-state index is 8.72. The first-order chi connectivity index (χ1) is 8.72. The van der Waals surface area contributed by atoms with Crippen LogP contribution in [-0.2, 0) is 6.54 Å². The molecule has 0 aliphatic carbocycles. The summed E-state index contributed by atoms with van der Waals surface area (Å²) in [6.07, 6.45) is 1.64. The lowest BCUT2D eigenvalue weighted by molar-refractivity contribution is 0.252. The standard InChI is InChI=1S/C13H17ClN2O2/c1-18-13-3-2-11(14)8-10(13)9-16-6-4-12(15-17)5-7-16/h2-3,8,17H,4-7,9H2,1H3. The van der Waals surface area contributed by atoms with Crippen LogP contribution in [-0.4, -0.2) is 36.0 Å². The lowest BCUT2D eigenvalue weighted by atomic mass is 10.1. The Labute approximate surface area is 112 Å². The van der Waals surface area contributed by atoms with Gasteiger partial charge in [-0.15, -0.1) is 0 Å². The van der Waals surface area contributed by atoms with Gasteiger partial charge in [0.05, 0.1) is 12.8 Å². The minimum Gasteiger partial charge on any atom is -0.496 e. The van der Waals surface area contributed by atoms with Crippen molar-refractivity contribution in [3.05, 3.63) is 28.8 Å². The molecule has 0 atom stereocenters. The van der Waals surface area contributed by atoms with Gasteiger partial charge in [-0.25, -0.2) is 0 Å². The molecule has 18 heavy (non-hydrogen) atoms. The molecule has 0 spiro atoms. The number of ether oxygens (including phenoxy) is 1. The molecule has 0 saturated carbocycles. The Kier molecular flexibility index (Phi) is 4.44. The fraction of sp³-hybridized carbons (Fsp3) is 0.462. The third-order valence-corrected chi connectivity index (χ3v) is 3.45. The number of benzene rings is 1. The number of likely N-dealkylation sites (tertiary alicyclic amines) is 1. The summed E-state index contributed by atoms with van der Waals surface area (Å²) < 4.78 is 5.34. The fourth-order valence-corrected chi connectivity index (χ4v) is 2.38. The molecule has 1 aliphatic rings. The largest absolute Gasteiger partial charge is 0.496 e. The van der Waals surface area contributed by atoms with Crippen molar-refractivity contribution in [2.75, 3.05) is 20.2 Å². The van der Waals surface area contributed by atoms with E-state index >= 15 is 0 Å². The zero-order valence-corrected chi connectivity index (χ0v) is 11.2. The third kappa shape index (κ3) is 3.15. The number of hydrogen-bond acceptors (Lipinski definition) is 4. The highest BCUT2D eigenvalue weighted by Gasteiger charge is 2.17. The minimum absolute atomic E-state index is 0.723. The Morgan fingerprint density at radius 1 is 1.39 bits per heavy atom. The summed E-state index contributed by atoms with van der Waals surface area (Å²) in [5, 5.41) is 12.7. The quantitative estimate of drug-likeness (QED) is 0.677. The van der Waals surface area contributed by atoms with E-state index in [1.807, 2.05) is 18.2 Å². The highest BCUT2D eigenvalue weighted by molar-refractivity contribution is 6.30. The van der Waals surface area contributed by atoms with Crippen molar-refractivity contribution in [3.63, 3.8) is 0 Å². The summed E-state index contributed by atoms with van der Waals surface area (Å²) in [4.78, 5) is 2.31. The van der Waals surface area contributed by atoms with Crippen LogP contribution in [0, 0.1) is 0 Å². The first-order valence-electron chi connectivity index (χ1n) is 5.97. The second-order valence-corrected chi connectivity index (χ2v) is 4.83. The Morgan fingerprint density at radius 2 is 2.11 bits per heavy atom. The second-order valence-electron chi connectivity index (χ2n) is 4.40. The molecular weight excluding hydrogens is 252 g/mol. The van der Waals surface area contributed by atoms with Gasteiger partial charge in [0.1, 0.15) is 5.75 Å². The lowest BCUT2D eigenvalue weighted by Crippen LogP contribution is -2.33. The van der Waals surface area contributed by atoms with E-state index in [9.17, 15) is 0 Å². The molecule has 1 aromatic rings. The Balaban J connectivity index is 2.03. The molecule has 1 aromatic carbocycles. The van der Waals surface area contributed by atoms with Crippen LogP contribution in [0.25, 0.3) is 0 Å². The normalized spacial score (nSPS) is 16.7. The highest BCUT2D eigenvalue weighted by atomic mass is 35.5. The van der Waals surface area contributed by atoms with Gasteiger partial charge >= 0.3 is 0 Å².